The molecule has 0 radical (unpaired) electrons. The van der Waals surface area contributed by atoms with Crippen LogP contribution in [-0.4, -0.2) is 61.1 Å². The summed E-state index contributed by atoms with van der Waals surface area (Å²) in [6.07, 6.45) is 4.42. The van der Waals surface area contributed by atoms with Crippen molar-refractivity contribution in [2.24, 2.45) is 16.3 Å². The number of nitrogens with one attached hydrogen (secondary N) is 1. The lowest BCUT2D eigenvalue weighted by Gasteiger charge is -2.43. The third-order valence-electron chi connectivity index (χ3n) is 8.26. The van der Waals surface area contributed by atoms with Gasteiger partial charge in [-0.05, 0) is 54.0 Å². The van der Waals surface area contributed by atoms with Gasteiger partial charge in [0.1, 0.15) is 23.9 Å². The number of benzene rings is 2. The van der Waals surface area contributed by atoms with E-state index in [1.165, 1.54) is 6.07 Å². The molecule has 3 aliphatic rings. The highest BCUT2D eigenvalue weighted by Gasteiger charge is 2.43. The van der Waals surface area contributed by atoms with E-state index in [1.807, 2.05) is 63.3 Å². The van der Waals surface area contributed by atoms with Crippen molar-refractivity contribution in [2.75, 3.05) is 26.2 Å². The summed E-state index contributed by atoms with van der Waals surface area (Å²) in [5.74, 6) is -1.68. The summed E-state index contributed by atoms with van der Waals surface area (Å²) >= 11 is 0. The molecule has 42 heavy (non-hydrogen) atoms. The van der Waals surface area contributed by atoms with E-state index in [9.17, 15) is 9.18 Å². The fourth-order valence-corrected chi connectivity index (χ4v) is 6.19. The van der Waals surface area contributed by atoms with Crippen LogP contribution in [0.2, 0.25) is 0 Å². The fourth-order valence-electron chi connectivity index (χ4n) is 6.19. The van der Waals surface area contributed by atoms with Crippen molar-refractivity contribution in [3.05, 3.63) is 94.7 Å². The van der Waals surface area contributed by atoms with E-state index in [0.29, 0.717) is 37.4 Å². The van der Waals surface area contributed by atoms with Crippen LogP contribution in [0.5, 0.6) is 0 Å². The number of alkyl halides is 1. The molecule has 2 aromatic carbocycles. The molecule has 1 N–H and O–H groups in total. The van der Waals surface area contributed by atoms with Crippen LogP contribution in [-0.2, 0) is 16.0 Å². The molecule has 1 unspecified atom stereocenters. The SMILES string of the molecule is CC(C)(C)[C@H](C1=C(Cc2ccccc2)C=CCC(c2cc(F)ccc2F)=N1)N(C[C@@H]1CNC[C@@H]1F)C(=O)C1CCCO1. The lowest BCUT2D eigenvalue weighted by molar-refractivity contribution is -0.145. The Bertz CT molecular complexity index is 1360. The number of amides is 1. The van der Waals surface area contributed by atoms with Gasteiger partial charge in [-0.15, -0.1) is 0 Å². The van der Waals surface area contributed by atoms with Crippen molar-refractivity contribution in [1.82, 2.24) is 10.2 Å². The summed E-state index contributed by atoms with van der Waals surface area (Å²) in [6, 6.07) is 12.7. The van der Waals surface area contributed by atoms with Crippen molar-refractivity contribution < 1.29 is 22.7 Å². The summed E-state index contributed by atoms with van der Waals surface area (Å²) in [4.78, 5) is 21.1. The predicted octanol–water partition coefficient (Wildman–Crippen LogP) is 6.19. The van der Waals surface area contributed by atoms with Crippen LogP contribution < -0.4 is 5.32 Å². The summed E-state index contributed by atoms with van der Waals surface area (Å²) in [5, 5.41) is 3.11. The molecule has 2 saturated heterocycles. The standard InChI is InChI=1S/C34H40F3N3O2/c1-34(2,3)32(40(21-24-19-38-20-28(24)37)33(41)30-13-8-16-42-30)31-23(17-22-9-5-4-6-10-22)11-7-12-29(39-31)26-18-25(35)14-15-27(26)36/h4-7,9-11,14-15,18,24,28,30,32,38H,8,12-13,16-17,19-21H2,1-3H3/t24-,28-,30?,32-/m0/s1. The van der Waals surface area contributed by atoms with Gasteiger partial charge < -0.3 is 15.0 Å². The first-order chi connectivity index (χ1) is 20.1. The van der Waals surface area contributed by atoms with Crippen LogP contribution in [0, 0.1) is 23.0 Å². The molecule has 0 aliphatic carbocycles. The zero-order valence-electron chi connectivity index (χ0n) is 24.6. The second-order valence-electron chi connectivity index (χ2n) is 12.6. The Balaban J connectivity index is 1.69. The molecule has 224 valence electrons. The Kier molecular flexibility index (Phi) is 9.33. The molecule has 3 heterocycles. The number of ether oxygens (including phenoxy) is 1. The molecule has 3 aliphatic heterocycles. The Hall–Kier alpha value is -3.23. The van der Waals surface area contributed by atoms with E-state index in [2.05, 4.69) is 5.32 Å². The van der Waals surface area contributed by atoms with E-state index in [0.717, 1.165) is 29.7 Å². The third-order valence-corrected chi connectivity index (χ3v) is 8.26. The van der Waals surface area contributed by atoms with Crippen LogP contribution in [0.15, 0.2) is 76.9 Å². The number of carbonyl (C=O) groups is 1. The van der Waals surface area contributed by atoms with E-state index in [-0.39, 0.29) is 36.9 Å². The van der Waals surface area contributed by atoms with Gasteiger partial charge in [0.05, 0.1) is 17.5 Å². The van der Waals surface area contributed by atoms with Crippen molar-refractivity contribution >= 4 is 11.6 Å². The highest BCUT2D eigenvalue weighted by Crippen LogP contribution is 2.37. The van der Waals surface area contributed by atoms with Crippen LogP contribution in [0.25, 0.3) is 0 Å². The fraction of sp³-hybridized carbons (Fsp3) is 0.471. The molecule has 2 fully saturated rings. The zero-order chi connectivity index (χ0) is 29.9. The van der Waals surface area contributed by atoms with Crippen molar-refractivity contribution in [3.63, 3.8) is 0 Å². The highest BCUT2D eigenvalue weighted by atomic mass is 19.1. The minimum Gasteiger partial charge on any atom is -0.368 e. The van der Waals surface area contributed by atoms with Gasteiger partial charge in [-0.3, -0.25) is 9.79 Å². The maximum atomic E-state index is 15.1. The smallest absolute Gasteiger partial charge is 0.252 e. The number of halogens is 3. The van der Waals surface area contributed by atoms with E-state index in [1.54, 1.807) is 4.90 Å². The van der Waals surface area contributed by atoms with Crippen molar-refractivity contribution in [1.29, 1.82) is 0 Å². The largest absolute Gasteiger partial charge is 0.368 e. The Morgan fingerprint density at radius 1 is 1.14 bits per heavy atom. The maximum absolute atomic E-state index is 15.1. The Morgan fingerprint density at radius 3 is 2.60 bits per heavy atom. The van der Waals surface area contributed by atoms with Crippen molar-refractivity contribution in [3.8, 4) is 0 Å². The van der Waals surface area contributed by atoms with E-state index < -0.39 is 35.4 Å². The molecule has 0 spiro atoms. The molecule has 1 amide bonds. The molecular formula is C34H40F3N3O2. The van der Waals surface area contributed by atoms with E-state index >= 15 is 8.78 Å². The van der Waals surface area contributed by atoms with E-state index in [4.69, 9.17) is 9.73 Å². The van der Waals surface area contributed by atoms with Crippen LogP contribution in [0.1, 0.15) is 51.2 Å². The average Bonchev–Trinajstić information content (AvgIpc) is 3.59. The van der Waals surface area contributed by atoms with Gasteiger partial charge in [0, 0.05) is 44.1 Å². The van der Waals surface area contributed by atoms with Crippen LogP contribution >= 0.6 is 0 Å². The summed E-state index contributed by atoms with van der Waals surface area (Å²) in [7, 11) is 0. The molecule has 0 saturated carbocycles. The molecule has 5 nitrogen and oxygen atoms in total. The zero-order valence-corrected chi connectivity index (χ0v) is 24.6. The predicted molar refractivity (Wildman–Crippen MR) is 159 cm³/mol. The normalized spacial score (nSPS) is 23.6. The minimum atomic E-state index is -1.09. The van der Waals surface area contributed by atoms with Gasteiger partial charge in [-0.25, -0.2) is 13.2 Å². The van der Waals surface area contributed by atoms with Gasteiger partial charge in [0.15, 0.2) is 0 Å². The van der Waals surface area contributed by atoms with Crippen molar-refractivity contribution in [2.45, 2.75) is 64.8 Å². The Labute approximate surface area is 246 Å². The third kappa shape index (κ3) is 6.87. The van der Waals surface area contributed by atoms with Crippen LogP contribution in [0.4, 0.5) is 13.2 Å². The van der Waals surface area contributed by atoms with Gasteiger partial charge in [-0.1, -0.05) is 63.3 Å². The number of carbonyl (C=O) groups excluding carboxylic acids is 1. The first kappa shape index (κ1) is 30.2. The lowest BCUT2D eigenvalue weighted by atomic mass is 9.80. The summed E-state index contributed by atoms with van der Waals surface area (Å²) in [5.41, 5.74) is 2.46. The molecule has 8 heteroatoms. The number of aliphatic imine (C=N–C) groups is 1. The molecule has 0 aromatic heterocycles. The number of hydrogen-bond donors (Lipinski definition) is 1. The minimum absolute atomic E-state index is 0.0894. The highest BCUT2D eigenvalue weighted by molar-refractivity contribution is 6.02. The molecule has 2 aromatic rings. The molecule has 0 bridgehead atoms. The topological polar surface area (TPSA) is 53.9 Å². The number of rotatable bonds is 8. The summed E-state index contributed by atoms with van der Waals surface area (Å²) < 4.78 is 50.3. The van der Waals surface area contributed by atoms with Gasteiger partial charge in [-0.2, -0.15) is 0 Å². The Morgan fingerprint density at radius 2 is 1.93 bits per heavy atom. The monoisotopic (exact) mass is 579 g/mol. The summed E-state index contributed by atoms with van der Waals surface area (Å²) in [6.45, 7) is 7.52. The second kappa shape index (κ2) is 13.0. The first-order valence-corrected chi connectivity index (χ1v) is 14.8. The number of hydrogen-bond acceptors (Lipinski definition) is 4. The number of nitrogens with zero attached hydrogens (tertiary/aromatic N) is 2. The number of allylic oxidation sites excluding steroid dienone is 3. The molecule has 4 atom stereocenters. The quantitative estimate of drug-likeness (QED) is 0.406. The van der Waals surface area contributed by atoms with Gasteiger partial charge in [0.25, 0.3) is 5.91 Å². The molecular weight excluding hydrogens is 539 g/mol. The average molecular weight is 580 g/mol. The second-order valence-corrected chi connectivity index (χ2v) is 12.6. The molecule has 5 rings (SSSR count). The van der Waals surface area contributed by atoms with Gasteiger partial charge in [0.2, 0.25) is 0 Å². The lowest BCUT2D eigenvalue weighted by Crippen LogP contribution is -2.54. The van der Waals surface area contributed by atoms with Crippen LogP contribution in [0.3, 0.4) is 0 Å². The first-order valence-electron chi connectivity index (χ1n) is 14.8. The maximum Gasteiger partial charge on any atom is 0.252 e. The van der Waals surface area contributed by atoms with Gasteiger partial charge >= 0.3 is 0 Å².